The Balaban J connectivity index is 2.35. The third kappa shape index (κ3) is 2.75. The summed E-state index contributed by atoms with van der Waals surface area (Å²) in [6, 6.07) is 0. The molecule has 2 N–H and O–H groups in total. The molecular formula is C14H21N3O3. The van der Waals surface area contributed by atoms with Gasteiger partial charge in [0, 0.05) is 12.8 Å². The SMILES string of the molecule is CCOC1(c2ncc(C(=O)OC)c(N)n2)CCCCC1. The molecule has 1 aromatic heterocycles. The topological polar surface area (TPSA) is 87.3 Å². The van der Waals surface area contributed by atoms with Crippen molar-refractivity contribution in [3.05, 3.63) is 17.6 Å². The van der Waals surface area contributed by atoms with Crippen molar-refractivity contribution in [3.8, 4) is 0 Å². The predicted octanol–water partition coefficient (Wildman–Crippen LogP) is 2.04. The van der Waals surface area contributed by atoms with E-state index in [1.165, 1.54) is 19.7 Å². The van der Waals surface area contributed by atoms with Gasteiger partial charge in [0.2, 0.25) is 0 Å². The van der Waals surface area contributed by atoms with Gasteiger partial charge in [0.25, 0.3) is 0 Å². The molecule has 1 fully saturated rings. The van der Waals surface area contributed by atoms with E-state index in [2.05, 4.69) is 14.7 Å². The number of rotatable bonds is 4. The molecule has 1 heterocycles. The zero-order chi connectivity index (χ0) is 14.6. The van der Waals surface area contributed by atoms with Crippen LogP contribution in [0.25, 0.3) is 0 Å². The standard InChI is InChI=1S/C14H21N3O3/c1-3-20-14(7-5-4-6-8-14)13-16-9-10(11(15)17-13)12(18)19-2/h9H,3-8H2,1-2H3,(H2,15,16,17). The molecule has 0 aliphatic heterocycles. The monoisotopic (exact) mass is 279 g/mol. The van der Waals surface area contributed by atoms with E-state index in [1.807, 2.05) is 6.92 Å². The molecule has 0 amide bonds. The molecule has 0 aromatic carbocycles. The molecule has 0 spiro atoms. The number of esters is 1. The fraction of sp³-hybridized carbons (Fsp3) is 0.643. The molecule has 0 atom stereocenters. The Morgan fingerprint density at radius 3 is 2.65 bits per heavy atom. The number of nitrogens with two attached hydrogens (primary N) is 1. The van der Waals surface area contributed by atoms with Crippen LogP contribution in [-0.4, -0.2) is 29.7 Å². The molecule has 0 unspecified atom stereocenters. The third-order valence-corrected chi connectivity index (χ3v) is 3.71. The maximum atomic E-state index is 11.5. The molecule has 1 saturated carbocycles. The summed E-state index contributed by atoms with van der Waals surface area (Å²) in [6.45, 7) is 2.56. The normalized spacial score (nSPS) is 17.7. The molecule has 0 bridgehead atoms. The number of hydrogen-bond acceptors (Lipinski definition) is 6. The van der Waals surface area contributed by atoms with E-state index in [0.717, 1.165) is 25.7 Å². The molecule has 1 aliphatic carbocycles. The number of nitrogen functional groups attached to an aromatic ring is 1. The summed E-state index contributed by atoms with van der Waals surface area (Å²) < 4.78 is 10.6. The summed E-state index contributed by atoms with van der Waals surface area (Å²) in [5, 5.41) is 0. The number of nitrogens with zero attached hydrogens (tertiary/aromatic N) is 2. The zero-order valence-corrected chi connectivity index (χ0v) is 12.0. The molecule has 110 valence electrons. The average Bonchev–Trinajstić information content (AvgIpc) is 2.47. The Labute approximate surface area is 118 Å². The fourth-order valence-corrected chi connectivity index (χ4v) is 2.71. The number of carbonyl (C=O) groups excluding carboxylic acids is 1. The summed E-state index contributed by atoms with van der Waals surface area (Å²) in [5.41, 5.74) is 5.58. The minimum absolute atomic E-state index is 0.145. The fourth-order valence-electron chi connectivity index (χ4n) is 2.71. The number of methoxy groups -OCH3 is 1. The van der Waals surface area contributed by atoms with Crippen LogP contribution in [0.1, 0.15) is 55.2 Å². The molecule has 1 aromatic rings. The Morgan fingerprint density at radius 1 is 1.40 bits per heavy atom. The smallest absolute Gasteiger partial charge is 0.343 e. The lowest BCUT2D eigenvalue weighted by molar-refractivity contribution is -0.0766. The van der Waals surface area contributed by atoms with Gasteiger partial charge in [0.05, 0.1) is 7.11 Å². The lowest BCUT2D eigenvalue weighted by Gasteiger charge is -2.35. The lowest BCUT2D eigenvalue weighted by Crippen LogP contribution is -2.35. The van der Waals surface area contributed by atoms with Crippen LogP contribution in [0.4, 0.5) is 5.82 Å². The maximum Gasteiger partial charge on any atom is 0.343 e. The van der Waals surface area contributed by atoms with Gasteiger partial charge in [-0.05, 0) is 19.8 Å². The molecule has 2 rings (SSSR count). The van der Waals surface area contributed by atoms with Crippen molar-refractivity contribution in [1.82, 2.24) is 9.97 Å². The predicted molar refractivity (Wildman–Crippen MR) is 74.2 cm³/mol. The van der Waals surface area contributed by atoms with Crippen molar-refractivity contribution >= 4 is 11.8 Å². The molecule has 1 aliphatic rings. The first kappa shape index (κ1) is 14.7. The van der Waals surface area contributed by atoms with E-state index in [4.69, 9.17) is 10.5 Å². The highest BCUT2D eigenvalue weighted by molar-refractivity contribution is 5.93. The van der Waals surface area contributed by atoms with E-state index in [1.54, 1.807) is 0 Å². The second kappa shape index (κ2) is 6.17. The van der Waals surface area contributed by atoms with Gasteiger partial charge in [-0.3, -0.25) is 0 Å². The highest BCUT2D eigenvalue weighted by Crippen LogP contribution is 2.39. The van der Waals surface area contributed by atoms with Crippen molar-refractivity contribution in [1.29, 1.82) is 0 Å². The Hall–Kier alpha value is -1.69. The first-order chi connectivity index (χ1) is 9.63. The van der Waals surface area contributed by atoms with Crippen LogP contribution in [0.15, 0.2) is 6.20 Å². The van der Waals surface area contributed by atoms with Crippen LogP contribution in [-0.2, 0) is 15.1 Å². The highest BCUT2D eigenvalue weighted by Gasteiger charge is 2.38. The second-order valence-corrected chi connectivity index (χ2v) is 4.97. The maximum absolute atomic E-state index is 11.5. The highest BCUT2D eigenvalue weighted by atomic mass is 16.5. The molecular weight excluding hydrogens is 258 g/mol. The minimum Gasteiger partial charge on any atom is -0.465 e. The van der Waals surface area contributed by atoms with Crippen LogP contribution in [0.2, 0.25) is 0 Å². The van der Waals surface area contributed by atoms with Crippen LogP contribution in [0, 0.1) is 0 Å². The van der Waals surface area contributed by atoms with E-state index in [0.29, 0.717) is 12.4 Å². The molecule has 0 saturated heterocycles. The average molecular weight is 279 g/mol. The zero-order valence-electron chi connectivity index (χ0n) is 12.0. The third-order valence-electron chi connectivity index (χ3n) is 3.71. The Morgan fingerprint density at radius 2 is 2.10 bits per heavy atom. The second-order valence-electron chi connectivity index (χ2n) is 4.97. The summed E-state index contributed by atoms with van der Waals surface area (Å²) in [6.07, 6.45) is 6.57. The molecule has 20 heavy (non-hydrogen) atoms. The van der Waals surface area contributed by atoms with Gasteiger partial charge in [0.1, 0.15) is 17.0 Å². The number of carbonyl (C=O) groups is 1. The van der Waals surface area contributed by atoms with Gasteiger partial charge in [-0.15, -0.1) is 0 Å². The van der Waals surface area contributed by atoms with E-state index in [9.17, 15) is 4.79 Å². The summed E-state index contributed by atoms with van der Waals surface area (Å²) >= 11 is 0. The van der Waals surface area contributed by atoms with Crippen LogP contribution >= 0.6 is 0 Å². The van der Waals surface area contributed by atoms with Gasteiger partial charge in [-0.25, -0.2) is 14.8 Å². The summed E-state index contributed by atoms with van der Waals surface area (Å²) in [7, 11) is 1.30. The minimum atomic E-state index is -0.525. The van der Waals surface area contributed by atoms with Crippen molar-refractivity contribution < 1.29 is 14.3 Å². The van der Waals surface area contributed by atoms with Gasteiger partial charge in [-0.2, -0.15) is 0 Å². The van der Waals surface area contributed by atoms with Gasteiger partial charge >= 0.3 is 5.97 Å². The Kier molecular flexibility index (Phi) is 4.54. The lowest BCUT2D eigenvalue weighted by atomic mass is 9.83. The Bertz CT molecular complexity index is 479. The van der Waals surface area contributed by atoms with Crippen molar-refractivity contribution in [2.75, 3.05) is 19.5 Å². The number of anilines is 1. The number of hydrogen-bond donors (Lipinski definition) is 1. The van der Waals surface area contributed by atoms with E-state index < -0.39 is 11.6 Å². The van der Waals surface area contributed by atoms with Crippen LogP contribution in [0.3, 0.4) is 0 Å². The number of aromatic nitrogens is 2. The molecule has 0 radical (unpaired) electrons. The van der Waals surface area contributed by atoms with Crippen LogP contribution < -0.4 is 5.73 Å². The summed E-state index contributed by atoms with van der Waals surface area (Å²) in [4.78, 5) is 20.1. The van der Waals surface area contributed by atoms with Crippen molar-refractivity contribution in [2.45, 2.75) is 44.6 Å². The van der Waals surface area contributed by atoms with E-state index >= 15 is 0 Å². The first-order valence-corrected chi connectivity index (χ1v) is 6.98. The van der Waals surface area contributed by atoms with Crippen molar-refractivity contribution in [2.24, 2.45) is 0 Å². The van der Waals surface area contributed by atoms with Gasteiger partial charge < -0.3 is 15.2 Å². The van der Waals surface area contributed by atoms with Crippen LogP contribution in [0.5, 0.6) is 0 Å². The first-order valence-electron chi connectivity index (χ1n) is 6.98. The van der Waals surface area contributed by atoms with Crippen molar-refractivity contribution in [3.63, 3.8) is 0 Å². The quantitative estimate of drug-likeness (QED) is 0.849. The molecule has 6 nitrogen and oxygen atoms in total. The summed E-state index contributed by atoms with van der Waals surface area (Å²) in [5.74, 6) is 0.193. The van der Waals surface area contributed by atoms with Gasteiger partial charge in [-0.1, -0.05) is 19.3 Å². The largest absolute Gasteiger partial charge is 0.465 e. The van der Waals surface area contributed by atoms with Gasteiger partial charge in [0.15, 0.2) is 5.82 Å². The molecule has 6 heteroatoms. The number of ether oxygens (including phenoxy) is 2. The van der Waals surface area contributed by atoms with E-state index in [-0.39, 0.29) is 11.4 Å².